The van der Waals surface area contributed by atoms with Crippen LogP contribution in [0.2, 0.25) is 0 Å². The number of carbonyl (C=O) groups excluding carboxylic acids is 1. The van der Waals surface area contributed by atoms with Gasteiger partial charge in [0.05, 0.1) is 0 Å². The van der Waals surface area contributed by atoms with Gasteiger partial charge in [0.25, 0.3) is 0 Å². The van der Waals surface area contributed by atoms with Gasteiger partial charge in [-0.05, 0) is 6.42 Å². The van der Waals surface area contributed by atoms with Crippen LogP contribution in [0.1, 0.15) is 19.8 Å². The van der Waals surface area contributed by atoms with Gasteiger partial charge in [0.2, 0.25) is 6.41 Å². The SMILES string of the molecule is CCCCN(C=O)CO. The second-order valence-electron chi connectivity index (χ2n) is 1.91. The molecule has 0 aliphatic rings. The topological polar surface area (TPSA) is 40.5 Å². The zero-order chi connectivity index (χ0) is 7.11. The van der Waals surface area contributed by atoms with Gasteiger partial charge in [-0.2, -0.15) is 0 Å². The van der Waals surface area contributed by atoms with Crippen molar-refractivity contribution in [2.24, 2.45) is 0 Å². The molecule has 0 aromatic heterocycles. The first kappa shape index (κ1) is 8.43. The summed E-state index contributed by atoms with van der Waals surface area (Å²) in [5.41, 5.74) is 0. The van der Waals surface area contributed by atoms with E-state index in [-0.39, 0.29) is 6.73 Å². The molecular formula is C6H13NO2. The predicted octanol–water partition coefficient (Wildman–Crippen LogP) is 0.195. The molecular weight excluding hydrogens is 118 g/mol. The van der Waals surface area contributed by atoms with E-state index in [0.29, 0.717) is 13.0 Å². The van der Waals surface area contributed by atoms with E-state index < -0.39 is 0 Å². The summed E-state index contributed by atoms with van der Waals surface area (Å²) in [6.45, 7) is 2.54. The van der Waals surface area contributed by atoms with E-state index in [1.807, 2.05) is 6.92 Å². The van der Waals surface area contributed by atoms with Gasteiger partial charge < -0.3 is 10.0 Å². The average molecular weight is 131 g/mol. The van der Waals surface area contributed by atoms with Gasteiger partial charge in [-0.3, -0.25) is 4.79 Å². The molecule has 3 nitrogen and oxygen atoms in total. The second kappa shape index (κ2) is 5.56. The lowest BCUT2D eigenvalue weighted by Crippen LogP contribution is -2.23. The quantitative estimate of drug-likeness (QED) is 0.427. The van der Waals surface area contributed by atoms with Gasteiger partial charge >= 0.3 is 0 Å². The van der Waals surface area contributed by atoms with Crippen molar-refractivity contribution in [1.29, 1.82) is 0 Å². The smallest absolute Gasteiger partial charge is 0.211 e. The zero-order valence-electron chi connectivity index (χ0n) is 5.71. The first-order valence-corrected chi connectivity index (χ1v) is 3.15. The zero-order valence-corrected chi connectivity index (χ0v) is 5.71. The van der Waals surface area contributed by atoms with Gasteiger partial charge in [-0.25, -0.2) is 0 Å². The molecule has 0 fully saturated rings. The highest BCUT2D eigenvalue weighted by Gasteiger charge is 1.94. The maximum absolute atomic E-state index is 10.0. The van der Waals surface area contributed by atoms with E-state index in [1.54, 1.807) is 0 Å². The van der Waals surface area contributed by atoms with E-state index in [9.17, 15) is 4.79 Å². The Hall–Kier alpha value is -0.570. The van der Waals surface area contributed by atoms with E-state index in [0.717, 1.165) is 12.8 Å². The molecule has 3 heteroatoms. The van der Waals surface area contributed by atoms with Gasteiger partial charge in [0.1, 0.15) is 6.73 Å². The molecule has 1 amide bonds. The van der Waals surface area contributed by atoms with Crippen LogP contribution in [0, 0.1) is 0 Å². The number of rotatable bonds is 5. The highest BCUT2D eigenvalue weighted by molar-refractivity contribution is 5.46. The highest BCUT2D eigenvalue weighted by atomic mass is 16.3. The van der Waals surface area contributed by atoms with Crippen LogP contribution in [0.25, 0.3) is 0 Å². The summed E-state index contributed by atoms with van der Waals surface area (Å²) in [6.07, 6.45) is 2.67. The van der Waals surface area contributed by atoms with Crippen molar-refractivity contribution < 1.29 is 9.90 Å². The molecule has 0 aromatic rings. The molecule has 9 heavy (non-hydrogen) atoms. The molecule has 1 N–H and O–H groups in total. The summed E-state index contributed by atoms with van der Waals surface area (Å²) in [6, 6.07) is 0. The van der Waals surface area contributed by atoms with Crippen molar-refractivity contribution in [1.82, 2.24) is 4.90 Å². The number of unbranched alkanes of at least 4 members (excludes halogenated alkanes) is 1. The third kappa shape index (κ3) is 3.97. The van der Waals surface area contributed by atoms with Crippen LogP contribution >= 0.6 is 0 Å². The first-order valence-electron chi connectivity index (χ1n) is 3.15. The fourth-order valence-electron chi connectivity index (χ4n) is 0.518. The minimum Gasteiger partial charge on any atom is -0.376 e. The molecule has 0 aliphatic heterocycles. The van der Waals surface area contributed by atoms with Crippen LogP contribution < -0.4 is 0 Å². The van der Waals surface area contributed by atoms with Crippen molar-refractivity contribution in [3.63, 3.8) is 0 Å². The van der Waals surface area contributed by atoms with Crippen LogP contribution in [-0.2, 0) is 4.79 Å². The monoisotopic (exact) mass is 131 g/mol. The molecule has 0 saturated heterocycles. The Bertz CT molecular complexity index is 75.5. The largest absolute Gasteiger partial charge is 0.376 e. The summed E-state index contributed by atoms with van der Waals surface area (Å²) >= 11 is 0. The van der Waals surface area contributed by atoms with Crippen LogP contribution in [0.5, 0.6) is 0 Å². The van der Waals surface area contributed by atoms with Gasteiger partial charge in [0, 0.05) is 6.54 Å². The van der Waals surface area contributed by atoms with Crippen molar-refractivity contribution >= 4 is 6.41 Å². The molecule has 0 radical (unpaired) electrons. The lowest BCUT2D eigenvalue weighted by molar-refractivity contribution is -0.121. The van der Waals surface area contributed by atoms with Crippen molar-refractivity contribution in [3.05, 3.63) is 0 Å². The Labute approximate surface area is 55.3 Å². The van der Waals surface area contributed by atoms with E-state index in [4.69, 9.17) is 5.11 Å². The predicted molar refractivity (Wildman–Crippen MR) is 34.8 cm³/mol. The number of carbonyl (C=O) groups is 1. The number of aliphatic hydroxyl groups excluding tert-OH is 1. The Morgan fingerprint density at radius 2 is 2.33 bits per heavy atom. The third-order valence-corrected chi connectivity index (χ3v) is 1.13. The summed E-state index contributed by atoms with van der Waals surface area (Å²) in [5.74, 6) is 0. The van der Waals surface area contributed by atoms with Crippen LogP contribution in [0.4, 0.5) is 0 Å². The maximum atomic E-state index is 10.0. The summed E-state index contributed by atoms with van der Waals surface area (Å²) in [4.78, 5) is 11.3. The van der Waals surface area contributed by atoms with Gasteiger partial charge in [-0.1, -0.05) is 13.3 Å². The van der Waals surface area contributed by atoms with Crippen molar-refractivity contribution in [2.45, 2.75) is 19.8 Å². The van der Waals surface area contributed by atoms with Crippen LogP contribution in [0.3, 0.4) is 0 Å². The molecule has 54 valence electrons. The first-order chi connectivity index (χ1) is 4.35. The normalized spacial score (nSPS) is 9.11. The summed E-state index contributed by atoms with van der Waals surface area (Å²) in [7, 11) is 0. The summed E-state index contributed by atoms with van der Waals surface area (Å²) in [5, 5.41) is 8.45. The standard InChI is InChI=1S/C6H13NO2/c1-2-3-4-7(5-8)6-9/h5,9H,2-4,6H2,1H3. The number of amides is 1. The van der Waals surface area contributed by atoms with Gasteiger partial charge in [0.15, 0.2) is 0 Å². The van der Waals surface area contributed by atoms with Crippen LogP contribution in [-0.4, -0.2) is 29.7 Å². The summed E-state index contributed by atoms with van der Waals surface area (Å²) < 4.78 is 0. The molecule has 0 atom stereocenters. The third-order valence-electron chi connectivity index (χ3n) is 1.13. The molecule has 0 aromatic carbocycles. The average Bonchev–Trinajstić information content (AvgIpc) is 1.91. The molecule has 0 saturated carbocycles. The lowest BCUT2D eigenvalue weighted by atomic mass is 10.3. The Kier molecular flexibility index (Phi) is 5.21. The van der Waals surface area contributed by atoms with Gasteiger partial charge in [-0.15, -0.1) is 0 Å². The van der Waals surface area contributed by atoms with E-state index in [1.165, 1.54) is 4.90 Å². The Morgan fingerprint density at radius 1 is 1.67 bits per heavy atom. The van der Waals surface area contributed by atoms with Crippen molar-refractivity contribution in [2.75, 3.05) is 13.3 Å². The Morgan fingerprint density at radius 3 is 2.67 bits per heavy atom. The molecule has 0 rings (SSSR count). The number of aliphatic hydroxyl groups is 1. The van der Waals surface area contributed by atoms with E-state index in [2.05, 4.69) is 0 Å². The van der Waals surface area contributed by atoms with E-state index >= 15 is 0 Å². The highest BCUT2D eigenvalue weighted by Crippen LogP contribution is 1.89. The Balaban J connectivity index is 3.20. The number of hydrogen-bond acceptors (Lipinski definition) is 2. The molecule has 0 aliphatic carbocycles. The fraction of sp³-hybridized carbons (Fsp3) is 0.833. The molecule has 0 bridgehead atoms. The van der Waals surface area contributed by atoms with Crippen molar-refractivity contribution in [3.8, 4) is 0 Å². The number of nitrogens with zero attached hydrogens (tertiary/aromatic N) is 1. The molecule has 0 spiro atoms. The lowest BCUT2D eigenvalue weighted by Gasteiger charge is -2.11. The maximum Gasteiger partial charge on any atom is 0.211 e. The molecule has 0 heterocycles. The van der Waals surface area contributed by atoms with Crippen LogP contribution in [0.15, 0.2) is 0 Å². The fourth-order valence-corrected chi connectivity index (χ4v) is 0.518. The minimum atomic E-state index is -0.163. The minimum absolute atomic E-state index is 0.163. The molecule has 0 unspecified atom stereocenters. The second-order valence-corrected chi connectivity index (χ2v) is 1.91. The number of hydrogen-bond donors (Lipinski definition) is 1.